The fraction of sp³-hybridized carbons (Fsp3) is 0.286. The van der Waals surface area contributed by atoms with Crippen LogP contribution in [0.25, 0.3) is 0 Å². The molecule has 0 aromatic heterocycles. The van der Waals surface area contributed by atoms with Crippen LogP contribution in [0.2, 0.25) is 0 Å². The second-order valence-electron chi connectivity index (χ2n) is 6.32. The number of para-hydroxylation sites is 1. The van der Waals surface area contributed by atoms with E-state index in [1.165, 1.54) is 0 Å². The largest absolute Gasteiger partial charge is 0.492 e. The van der Waals surface area contributed by atoms with Crippen LogP contribution in [0.15, 0.2) is 59.7 Å². The Labute approximate surface area is 169 Å². The normalized spacial score (nSPS) is 15.6. The highest BCUT2D eigenvalue weighted by Crippen LogP contribution is 2.26. The molecule has 1 aliphatic heterocycles. The third-order valence-electron chi connectivity index (χ3n) is 4.25. The van der Waals surface area contributed by atoms with Crippen LogP contribution < -0.4 is 20.8 Å². The van der Waals surface area contributed by atoms with Gasteiger partial charge < -0.3 is 20.5 Å². The highest BCUT2D eigenvalue weighted by molar-refractivity contribution is 6.38. The number of amides is 1. The predicted molar refractivity (Wildman–Crippen MR) is 111 cm³/mol. The summed E-state index contributed by atoms with van der Waals surface area (Å²) >= 11 is 0. The minimum Gasteiger partial charge on any atom is -0.492 e. The topological polar surface area (TPSA) is 106 Å². The van der Waals surface area contributed by atoms with E-state index in [0.717, 1.165) is 5.69 Å². The molecule has 0 saturated heterocycles. The Kier molecular flexibility index (Phi) is 6.80. The Hall–Kier alpha value is -3.39. The van der Waals surface area contributed by atoms with Crippen LogP contribution >= 0.6 is 0 Å². The van der Waals surface area contributed by atoms with Gasteiger partial charge in [0.25, 0.3) is 0 Å². The third-order valence-corrected chi connectivity index (χ3v) is 4.25. The third kappa shape index (κ3) is 5.11. The van der Waals surface area contributed by atoms with Gasteiger partial charge in [-0.05, 0) is 43.3 Å². The van der Waals surface area contributed by atoms with Gasteiger partial charge in [-0.25, -0.2) is 4.79 Å². The average Bonchev–Trinajstić information content (AvgIpc) is 3.20. The monoisotopic (exact) mass is 396 g/mol. The van der Waals surface area contributed by atoms with E-state index in [-0.39, 0.29) is 24.6 Å². The van der Waals surface area contributed by atoms with Crippen LogP contribution in [0.5, 0.6) is 5.75 Å². The van der Waals surface area contributed by atoms with Crippen molar-refractivity contribution in [1.82, 2.24) is 0 Å². The number of rotatable bonds is 8. The lowest BCUT2D eigenvalue weighted by atomic mass is 10.1. The molecule has 3 N–H and O–H groups in total. The zero-order valence-corrected chi connectivity index (χ0v) is 16.2. The molecule has 152 valence electrons. The molecule has 8 nitrogen and oxygen atoms in total. The van der Waals surface area contributed by atoms with Crippen LogP contribution in [-0.4, -0.2) is 43.4 Å². The molecule has 2 aromatic carbocycles. The summed E-state index contributed by atoms with van der Waals surface area (Å²) in [5.41, 5.74) is 6.99. The zero-order valence-electron chi connectivity index (χ0n) is 16.2. The van der Waals surface area contributed by atoms with Crippen molar-refractivity contribution in [1.29, 1.82) is 0 Å². The molecule has 0 spiro atoms. The maximum Gasteiger partial charge on any atom is 0.354 e. The molecule has 1 unspecified atom stereocenters. The van der Waals surface area contributed by atoms with E-state index >= 15 is 0 Å². The molecule has 0 fully saturated rings. The summed E-state index contributed by atoms with van der Waals surface area (Å²) in [4.78, 5) is 25.1. The van der Waals surface area contributed by atoms with Gasteiger partial charge in [-0.1, -0.05) is 18.2 Å². The fourth-order valence-corrected chi connectivity index (χ4v) is 2.91. The predicted octanol–water partition coefficient (Wildman–Crippen LogP) is 2.16. The molecule has 1 aliphatic rings. The molecule has 29 heavy (non-hydrogen) atoms. The van der Waals surface area contributed by atoms with Crippen LogP contribution in [0.1, 0.15) is 13.3 Å². The van der Waals surface area contributed by atoms with Gasteiger partial charge in [0.1, 0.15) is 24.1 Å². The zero-order chi connectivity index (χ0) is 20.6. The SMILES string of the molecule is CCOC(=O)C1=NN(c2ccccc2)C(C(=O)Nc2ccc(OCCN)cc2)C1. The van der Waals surface area contributed by atoms with Crippen LogP contribution in [0.4, 0.5) is 11.4 Å². The van der Waals surface area contributed by atoms with Gasteiger partial charge >= 0.3 is 5.97 Å². The molecule has 8 heteroatoms. The van der Waals surface area contributed by atoms with Gasteiger partial charge in [0.05, 0.1) is 12.3 Å². The summed E-state index contributed by atoms with van der Waals surface area (Å²) in [6.07, 6.45) is 0.164. The molecule has 1 heterocycles. The number of carbonyl (C=O) groups excluding carboxylic acids is 2. The first-order chi connectivity index (χ1) is 14.1. The Morgan fingerprint density at radius 3 is 2.55 bits per heavy atom. The number of hydrogen-bond acceptors (Lipinski definition) is 7. The lowest BCUT2D eigenvalue weighted by molar-refractivity contribution is -0.135. The standard InChI is InChI=1S/C21H24N4O4/c1-2-28-21(27)18-14-19(25(24-18)16-6-4-3-5-7-16)20(26)23-15-8-10-17(11-9-15)29-13-12-22/h3-11,19H,2,12-14,22H2,1H3,(H,23,26). The van der Waals surface area contributed by atoms with Crippen molar-refractivity contribution in [2.75, 3.05) is 30.1 Å². The van der Waals surface area contributed by atoms with Crippen molar-refractivity contribution in [3.63, 3.8) is 0 Å². The van der Waals surface area contributed by atoms with Crippen LogP contribution in [0, 0.1) is 0 Å². The van der Waals surface area contributed by atoms with Crippen LogP contribution in [0.3, 0.4) is 0 Å². The summed E-state index contributed by atoms with van der Waals surface area (Å²) in [7, 11) is 0. The molecular formula is C21H24N4O4. The lowest BCUT2D eigenvalue weighted by Gasteiger charge is -2.22. The summed E-state index contributed by atoms with van der Waals surface area (Å²) < 4.78 is 10.5. The van der Waals surface area contributed by atoms with Crippen molar-refractivity contribution in [2.24, 2.45) is 10.8 Å². The second kappa shape index (κ2) is 9.70. The Balaban J connectivity index is 1.74. The van der Waals surface area contributed by atoms with Gasteiger partial charge in [-0.15, -0.1) is 0 Å². The summed E-state index contributed by atoms with van der Waals surface area (Å²) in [5.74, 6) is -0.106. The molecule has 0 radical (unpaired) electrons. The van der Waals surface area contributed by atoms with Gasteiger partial charge in [0.15, 0.2) is 0 Å². The lowest BCUT2D eigenvalue weighted by Crippen LogP contribution is -2.38. The summed E-state index contributed by atoms with van der Waals surface area (Å²) in [5, 5.41) is 8.78. The molecule has 2 aromatic rings. The van der Waals surface area contributed by atoms with E-state index < -0.39 is 12.0 Å². The number of nitrogens with one attached hydrogen (secondary N) is 1. The molecular weight excluding hydrogens is 372 g/mol. The van der Waals surface area contributed by atoms with Gasteiger partial charge in [-0.2, -0.15) is 5.10 Å². The Morgan fingerprint density at radius 2 is 1.90 bits per heavy atom. The van der Waals surface area contributed by atoms with E-state index in [2.05, 4.69) is 10.4 Å². The number of ether oxygens (including phenoxy) is 2. The second-order valence-corrected chi connectivity index (χ2v) is 6.32. The molecule has 1 atom stereocenters. The van der Waals surface area contributed by atoms with E-state index in [1.807, 2.05) is 30.3 Å². The average molecular weight is 396 g/mol. The Morgan fingerprint density at radius 1 is 1.17 bits per heavy atom. The molecule has 0 aliphatic carbocycles. The van der Waals surface area contributed by atoms with Gasteiger partial charge in [-0.3, -0.25) is 9.80 Å². The number of benzene rings is 2. The Bertz CT molecular complexity index is 868. The number of hydrogen-bond donors (Lipinski definition) is 2. The molecule has 0 bridgehead atoms. The minimum atomic E-state index is -0.662. The summed E-state index contributed by atoms with van der Waals surface area (Å²) in [6, 6.07) is 15.6. The van der Waals surface area contributed by atoms with Crippen molar-refractivity contribution in [3.05, 3.63) is 54.6 Å². The maximum absolute atomic E-state index is 13.0. The van der Waals surface area contributed by atoms with Crippen molar-refractivity contribution in [3.8, 4) is 5.75 Å². The van der Waals surface area contributed by atoms with E-state index in [1.54, 1.807) is 36.2 Å². The number of esters is 1. The fourth-order valence-electron chi connectivity index (χ4n) is 2.91. The number of nitrogens with two attached hydrogens (primary N) is 1. The van der Waals surface area contributed by atoms with Crippen molar-refractivity contribution < 1.29 is 19.1 Å². The maximum atomic E-state index is 13.0. The van der Waals surface area contributed by atoms with E-state index in [9.17, 15) is 9.59 Å². The number of nitrogens with zero attached hydrogens (tertiary/aromatic N) is 2. The first-order valence-corrected chi connectivity index (χ1v) is 9.45. The van der Waals surface area contributed by atoms with Crippen molar-refractivity contribution >= 4 is 29.0 Å². The first kappa shape index (κ1) is 20.3. The quantitative estimate of drug-likeness (QED) is 0.663. The number of anilines is 2. The van der Waals surface area contributed by atoms with E-state index in [0.29, 0.717) is 24.6 Å². The highest BCUT2D eigenvalue weighted by Gasteiger charge is 2.36. The first-order valence-electron chi connectivity index (χ1n) is 9.45. The molecule has 1 amide bonds. The van der Waals surface area contributed by atoms with Gasteiger partial charge in [0, 0.05) is 18.7 Å². The van der Waals surface area contributed by atoms with Crippen molar-refractivity contribution in [2.45, 2.75) is 19.4 Å². The minimum absolute atomic E-state index is 0.164. The van der Waals surface area contributed by atoms with E-state index in [4.69, 9.17) is 15.2 Å². The van der Waals surface area contributed by atoms with Gasteiger partial charge in [0.2, 0.25) is 5.91 Å². The molecule has 3 rings (SSSR count). The number of hydrazone groups is 1. The molecule has 0 saturated carbocycles. The summed E-state index contributed by atoms with van der Waals surface area (Å²) in [6.45, 7) is 2.83. The highest BCUT2D eigenvalue weighted by atomic mass is 16.5. The van der Waals surface area contributed by atoms with Crippen LogP contribution in [-0.2, 0) is 14.3 Å². The smallest absolute Gasteiger partial charge is 0.354 e. The number of carbonyl (C=O) groups is 2.